The molecule has 0 spiro atoms. The van der Waals surface area contributed by atoms with Crippen LogP contribution in [0.25, 0.3) is 0 Å². The largest absolute Gasteiger partial charge is 0.497 e. The average Bonchev–Trinajstić information content (AvgIpc) is 3.18. The van der Waals surface area contributed by atoms with E-state index in [0.717, 1.165) is 22.7 Å². The first-order valence-electron chi connectivity index (χ1n) is 12.2. The van der Waals surface area contributed by atoms with Gasteiger partial charge in [0.05, 0.1) is 26.0 Å². The van der Waals surface area contributed by atoms with Crippen molar-refractivity contribution >= 4 is 23.8 Å². The van der Waals surface area contributed by atoms with Crippen molar-refractivity contribution in [3.63, 3.8) is 0 Å². The Balaban J connectivity index is 0.00000420. The van der Waals surface area contributed by atoms with Gasteiger partial charge in [-0.1, -0.05) is 18.2 Å². The fraction of sp³-hybridized carbons (Fsp3) is 0.233. The maximum atomic E-state index is 14.7. The number of hydrogen-bond acceptors (Lipinski definition) is 6. The van der Waals surface area contributed by atoms with Gasteiger partial charge in [0.15, 0.2) is 0 Å². The van der Waals surface area contributed by atoms with E-state index in [-0.39, 0.29) is 28.5 Å². The van der Waals surface area contributed by atoms with Crippen molar-refractivity contribution in [1.29, 1.82) is 0 Å². The molecule has 1 radical (unpaired) electrons. The molecule has 4 rings (SSSR count). The number of carbonyl (C=O) groups is 1. The SMILES string of the molecule is CCN1\C(=C/C=N/N=C(\O)c2ccc(C(=O)OC)cc2)C(C)(Cc2ccccc2F)c2cc(OC)ccc21.[Co]. The van der Waals surface area contributed by atoms with E-state index in [4.69, 9.17) is 4.74 Å². The predicted octanol–water partition coefficient (Wildman–Crippen LogP) is 5.83. The number of fused-ring (bicyclic) bond motifs is 1. The zero-order valence-electron chi connectivity index (χ0n) is 22.1. The maximum absolute atomic E-state index is 14.7. The van der Waals surface area contributed by atoms with Crippen molar-refractivity contribution < 1.29 is 40.5 Å². The fourth-order valence-electron chi connectivity index (χ4n) is 4.83. The summed E-state index contributed by atoms with van der Waals surface area (Å²) in [6.45, 7) is 4.82. The fourth-order valence-corrected chi connectivity index (χ4v) is 4.83. The van der Waals surface area contributed by atoms with Crippen LogP contribution in [0.4, 0.5) is 10.1 Å². The number of benzene rings is 3. The molecule has 7 nitrogen and oxygen atoms in total. The molecule has 1 N–H and O–H groups in total. The number of ether oxygens (including phenoxy) is 2. The average molecular weight is 575 g/mol. The molecule has 1 unspecified atom stereocenters. The molecule has 1 aliphatic heterocycles. The number of likely N-dealkylation sites (N-methyl/N-ethyl adjacent to an activating group) is 1. The number of carbonyl (C=O) groups excluding carboxylic acids is 1. The molecule has 0 saturated carbocycles. The molecule has 205 valence electrons. The summed E-state index contributed by atoms with van der Waals surface area (Å²) in [5.41, 5.74) is 3.76. The molecule has 0 saturated heterocycles. The molecule has 39 heavy (non-hydrogen) atoms. The summed E-state index contributed by atoms with van der Waals surface area (Å²) in [6.07, 6.45) is 3.78. The second kappa shape index (κ2) is 12.7. The van der Waals surface area contributed by atoms with Crippen LogP contribution in [0, 0.1) is 5.82 Å². The van der Waals surface area contributed by atoms with Crippen molar-refractivity contribution in [3.05, 3.63) is 107 Å². The van der Waals surface area contributed by atoms with Gasteiger partial charge < -0.3 is 19.5 Å². The van der Waals surface area contributed by atoms with Crippen molar-refractivity contribution in [2.24, 2.45) is 10.2 Å². The van der Waals surface area contributed by atoms with E-state index in [9.17, 15) is 14.3 Å². The van der Waals surface area contributed by atoms with Crippen molar-refractivity contribution in [2.45, 2.75) is 25.7 Å². The summed E-state index contributed by atoms with van der Waals surface area (Å²) < 4.78 is 24.9. The first kappa shape index (κ1) is 29.6. The Bertz CT molecular complexity index is 1420. The van der Waals surface area contributed by atoms with Crippen LogP contribution >= 0.6 is 0 Å². The van der Waals surface area contributed by atoms with Gasteiger partial charge in [-0.2, -0.15) is 5.10 Å². The van der Waals surface area contributed by atoms with Gasteiger partial charge in [-0.25, -0.2) is 9.18 Å². The normalized spacial score (nSPS) is 17.7. The van der Waals surface area contributed by atoms with E-state index in [1.807, 2.05) is 30.3 Å². The molecule has 9 heteroatoms. The summed E-state index contributed by atoms with van der Waals surface area (Å²) in [6, 6.07) is 18.9. The summed E-state index contributed by atoms with van der Waals surface area (Å²) in [4.78, 5) is 13.8. The quantitative estimate of drug-likeness (QED) is 0.158. The second-order valence-corrected chi connectivity index (χ2v) is 9.04. The number of halogens is 1. The molecule has 3 aromatic rings. The summed E-state index contributed by atoms with van der Waals surface area (Å²) in [7, 11) is 2.93. The van der Waals surface area contributed by atoms with E-state index in [0.29, 0.717) is 29.7 Å². The molecular formula is C30H30CoFN3O4. The van der Waals surface area contributed by atoms with E-state index in [1.54, 1.807) is 31.4 Å². The molecule has 1 atom stereocenters. The Morgan fingerprint density at radius 3 is 2.41 bits per heavy atom. The number of nitrogens with zero attached hydrogens (tertiary/aromatic N) is 3. The van der Waals surface area contributed by atoms with Crippen molar-refractivity contribution in [1.82, 2.24) is 0 Å². The van der Waals surface area contributed by atoms with Gasteiger partial charge in [-0.3, -0.25) is 0 Å². The van der Waals surface area contributed by atoms with E-state index in [2.05, 4.69) is 33.7 Å². The number of esters is 1. The molecule has 0 aliphatic carbocycles. The monoisotopic (exact) mass is 574 g/mol. The van der Waals surface area contributed by atoms with Crippen LogP contribution in [-0.2, 0) is 33.4 Å². The van der Waals surface area contributed by atoms with Gasteiger partial charge in [0.1, 0.15) is 11.6 Å². The standard InChI is InChI=1S/C30H30FN3O4.Co/c1-5-34-26-15-14-23(37-3)18-24(26)30(2,19-22-8-6-7-9-25(22)31)27(34)16-17-32-33-28(35)20-10-12-21(13-11-20)29(36)38-4;/h6-18H,5,19H2,1-4H3,(H,33,35);/b27-16-,32-17+;. The third-order valence-corrected chi connectivity index (χ3v) is 6.78. The first-order valence-corrected chi connectivity index (χ1v) is 12.2. The summed E-state index contributed by atoms with van der Waals surface area (Å²) >= 11 is 0. The second-order valence-electron chi connectivity index (χ2n) is 9.04. The predicted molar refractivity (Wildman–Crippen MR) is 147 cm³/mol. The summed E-state index contributed by atoms with van der Waals surface area (Å²) in [5.74, 6) is -0.292. The maximum Gasteiger partial charge on any atom is 0.337 e. The number of methoxy groups -OCH3 is 2. The zero-order valence-corrected chi connectivity index (χ0v) is 23.2. The molecule has 0 fully saturated rings. The third kappa shape index (κ3) is 6.05. The molecule has 3 aromatic carbocycles. The van der Waals surface area contributed by atoms with Crippen LogP contribution in [0.2, 0.25) is 0 Å². The number of rotatable bonds is 8. The minimum absolute atomic E-state index is 0. The minimum atomic E-state index is -0.580. The zero-order chi connectivity index (χ0) is 27.3. The van der Waals surface area contributed by atoms with Crippen molar-refractivity contribution in [3.8, 4) is 5.75 Å². The molecule has 0 amide bonds. The molecule has 1 aliphatic rings. The number of hydrogen-bond donors (Lipinski definition) is 1. The Hall–Kier alpha value is -3.95. The number of anilines is 1. The molecule has 0 bridgehead atoms. The van der Waals surface area contributed by atoms with Crippen LogP contribution in [0.15, 0.2) is 88.7 Å². The number of aliphatic hydroxyl groups is 1. The van der Waals surface area contributed by atoms with Gasteiger partial charge in [0.25, 0.3) is 0 Å². The molecule has 0 aromatic heterocycles. The Morgan fingerprint density at radius 1 is 1.08 bits per heavy atom. The van der Waals surface area contributed by atoms with E-state index in [1.165, 1.54) is 31.5 Å². The third-order valence-electron chi connectivity index (χ3n) is 6.78. The van der Waals surface area contributed by atoms with Gasteiger partial charge >= 0.3 is 5.97 Å². The van der Waals surface area contributed by atoms with Gasteiger partial charge in [-0.05, 0) is 86.0 Å². The van der Waals surface area contributed by atoms with Gasteiger partial charge in [-0.15, -0.1) is 5.10 Å². The Kier molecular flexibility index (Phi) is 9.66. The van der Waals surface area contributed by atoms with Crippen LogP contribution in [0.1, 0.15) is 40.9 Å². The molecular weight excluding hydrogens is 544 g/mol. The van der Waals surface area contributed by atoms with E-state index < -0.39 is 11.4 Å². The summed E-state index contributed by atoms with van der Waals surface area (Å²) in [5, 5.41) is 18.3. The smallest absolute Gasteiger partial charge is 0.337 e. The topological polar surface area (TPSA) is 83.7 Å². The Labute approximate surface area is 237 Å². The van der Waals surface area contributed by atoms with Crippen molar-refractivity contribution in [2.75, 3.05) is 25.7 Å². The number of allylic oxidation sites excluding steroid dienone is 2. The van der Waals surface area contributed by atoms with Gasteiger partial charge in [0.2, 0.25) is 5.90 Å². The van der Waals surface area contributed by atoms with Gasteiger partial charge in [0, 0.05) is 45.7 Å². The van der Waals surface area contributed by atoms with Crippen LogP contribution in [0.5, 0.6) is 5.75 Å². The Morgan fingerprint density at radius 2 is 1.77 bits per heavy atom. The van der Waals surface area contributed by atoms with Crippen LogP contribution in [-0.4, -0.2) is 44.0 Å². The van der Waals surface area contributed by atoms with Crippen LogP contribution in [0.3, 0.4) is 0 Å². The van der Waals surface area contributed by atoms with E-state index >= 15 is 0 Å². The molecule has 1 heterocycles. The minimum Gasteiger partial charge on any atom is -0.497 e. The number of aliphatic hydroxyl groups excluding tert-OH is 1. The van der Waals surface area contributed by atoms with Crippen LogP contribution < -0.4 is 9.64 Å². The first-order chi connectivity index (χ1) is 18.3.